The average Bonchev–Trinajstić information content (AvgIpc) is 3.22. The molecule has 36 heavy (non-hydrogen) atoms. The summed E-state index contributed by atoms with van der Waals surface area (Å²) in [4.78, 5) is 27.9. The van der Waals surface area contributed by atoms with Crippen molar-refractivity contribution in [2.24, 2.45) is 4.99 Å². The molecule has 0 unspecified atom stereocenters. The molecule has 0 saturated carbocycles. The van der Waals surface area contributed by atoms with E-state index in [2.05, 4.69) is 25.7 Å². The lowest BCUT2D eigenvalue weighted by Gasteiger charge is -2.12. The van der Waals surface area contributed by atoms with Crippen molar-refractivity contribution in [2.75, 3.05) is 17.7 Å². The highest BCUT2D eigenvalue weighted by molar-refractivity contribution is 6.01. The lowest BCUT2D eigenvalue weighted by Crippen LogP contribution is -2.30. The molecule has 3 N–H and O–H groups in total. The minimum absolute atomic E-state index is 0.379. The van der Waals surface area contributed by atoms with Crippen molar-refractivity contribution in [1.82, 2.24) is 5.32 Å². The molecule has 0 aliphatic carbocycles. The molecule has 0 radical (unpaired) electrons. The number of halogens is 4. The Balaban J connectivity index is 1.35. The van der Waals surface area contributed by atoms with Crippen molar-refractivity contribution in [1.29, 1.82) is 0 Å². The number of carbonyl (C=O) groups is 2. The first-order valence-corrected chi connectivity index (χ1v) is 10.7. The maximum Gasteiger partial charge on any atom is 0.416 e. The highest BCUT2D eigenvalue weighted by Crippen LogP contribution is 2.32. The van der Waals surface area contributed by atoms with Gasteiger partial charge in [-0.1, -0.05) is 24.3 Å². The van der Waals surface area contributed by atoms with Gasteiger partial charge >= 0.3 is 18.3 Å². The van der Waals surface area contributed by atoms with Gasteiger partial charge in [-0.15, -0.1) is 0 Å². The molecular weight excluding hydrogens is 480 g/mol. The number of urea groups is 1. The Bertz CT molecular complexity index is 1340. The number of benzene rings is 3. The Morgan fingerprint density at radius 2 is 1.67 bits per heavy atom. The van der Waals surface area contributed by atoms with Crippen LogP contribution in [0.2, 0.25) is 0 Å². The fourth-order valence-electron chi connectivity index (χ4n) is 3.63. The first-order chi connectivity index (χ1) is 17.1. The van der Waals surface area contributed by atoms with Crippen LogP contribution in [0.1, 0.15) is 22.3 Å². The Labute approximate surface area is 203 Å². The summed E-state index contributed by atoms with van der Waals surface area (Å²) in [6.45, 7) is 0. The van der Waals surface area contributed by atoms with Gasteiger partial charge in [-0.2, -0.15) is 13.2 Å². The van der Waals surface area contributed by atoms with Crippen molar-refractivity contribution < 1.29 is 31.9 Å². The fourth-order valence-corrected chi connectivity index (χ4v) is 3.63. The van der Waals surface area contributed by atoms with Gasteiger partial charge in [-0.3, -0.25) is 5.32 Å². The van der Waals surface area contributed by atoms with Gasteiger partial charge in [0.25, 0.3) is 0 Å². The van der Waals surface area contributed by atoms with E-state index in [0.717, 1.165) is 22.4 Å². The van der Waals surface area contributed by atoms with Crippen LogP contribution in [-0.2, 0) is 23.8 Å². The van der Waals surface area contributed by atoms with E-state index in [1.807, 2.05) is 18.2 Å². The molecule has 0 atom stereocenters. The van der Waals surface area contributed by atoms with Crippen molar-refractivity contribution >= 4 is 35.0 Å². The number of methoxy groups -OCH3 is 1. The summed E-state index contributed by atoms with van der Waals surface area (Å²) >= 11 is 0. The smallest absolute Gasteiger partial charge is 0.416 e. The van der Waals surface area contributed by atoms with Crippen LogP contribution < -0.4 is 16.0 Å². The highest BCUT2D eigenvalue weighted by Gasteiger charge is 2.31. The zero-order valence-electron chi connectivity index (χ0n) is 18.9. The number of nitrogens with zero attached hydrogens (tertiary/aromatic N) is 1. The Morgan fingerprint density at radius 3 is 2.36 bits per heavy atom. The van der Waals surface area contributed by atoms with Crippen LogP contribution >= 0.6 is 0 Å². The van der Waals surface area contributed by atoms with Crippen molar-refractivity contribution in [3.05, 3.63) is 88.7 Å². The minimum atomic E-state index is -4.66. The first kappa shape index (κ1) is 24.7. The molecule has 3 amide bonds. The quantitative estimate of drug-likeness (QED) is 0.383. The molecule has 1 aliphatic rings. The summed E-state index contributed by atoms with van der Waals surface area (Å²) in [5.74, 6) is -0.478. The van der Waals surface area contributed by atoms with E-state index in [9.17, 15) is 27.2 Å². The predicted octanol–water partition coefficient (Wildman–Crippen LogP) is 6.02. The summed E-state index contributed by atoms with van der Waals surface area (Å²) < 4.78 is 57.0. The van der Waals surface area contributed by atoms with Gasteiger partial charge in [0.1, 0.15) is 11.7 Å². The number of fused-ring (bicyclic) bond motifs is 1. The standard InChI is InChI=1S/C25H20F4N4O3/c1-36-24(35)33-22-12-16-11-15(4-9-20(16)31-22)10-14-2-6-18(7-3-14)30-23(34)32-21-13-17(25(27,28)29)5-8-19(21)26/h2-9,11,13H,10,12H2,1H3,(H2,30,32,34)(H,31,33,35). The Morgan fingerprint density at radius 1 is 0.944 bits per heavy atom. The van der Waals surface area contributed by atoms with Crippen LogP contribution in [-0.4, -0.2) is 25.1 Å². The van der Waals surface area contributed by atoms with Gasteiger partial charge in [0.15, 0.2) is 0 Å². The van der Waals surface area contributed by atoms with E-state index in [1.165, 1.54) is 7.11 Å². The SMILES string of the molecule is COC(=O)NC1=Nc2ccc(Cc3ccc(NC(=O)Nc4cc(C(F)(F)F)ccc4F)cc3)cc2C1. The third kappa shape index (κ3) is 5.98. The topological polar surface area (TPSA) is 91.8 Å². The second-order valence-electron chi connectivity index (χ2n) is 7.96. The monoisotopic (exact) mass is 500 g/mol. The number of alkyl halides is 3. The maximum absolute atomic E-state index is 13.9. The number of rotatable bonds is 4. The first-order valence-electron chi connectivity index (χ1n) is 10.7. The molecule has 186 valence electrons. The third-order valence-electron chi connectivity index (χ3n) is 5.35. The van der Waals surface area contributed by atoms with Gasteiger partial charge in [-0.25, -0.2) is 19.0 Å². The molecule has 3 aromatic rings. The van der Waals surface area contributed by atoms with Crippen LogP contribution in [0.15, 0.2) is 65.7 Å². The molecule has 0 spiro atoms. The van der Waals surface area contributed by atoms with Gasteiger partial charge in [0, 0.05) is 12.1 Å². The molecular formula is C25H20F4N4O3. The largest absolute Gasteiger partial charge is 0.453 e. The Hall–Kier alpha value is -4.41. The number of aliphatic imine (C=N–C) groups is 1. The lowest BCUT2D eigenvalue weighted by atomic mass is 10.0. The molecule has 7 nitrogen and oxygen atoms in total. The van der Waals surface area contributed by atoms with Crippen LogP contribution in [0.4, 0.5) is 44.2 Å². The van der Waals surface area contributed by atoms with Crippen LogP contribution in [0.5, 0.6) is 0 Å². The zero-order valence-corrected chi connectivity index (χ0v) is 18.9. The fraction of sp³-hybridized carbons (Fsp3) is 0.160. The summed E-state index contributed by atoms with van der Waals surface area (Å²) in [5.41, 5.74) is 2.42. The number of hydrogen-bond donors (Lipinski definition) is 3. The van der Waals surface area contributed by atoms with E-state index in [-0.39, 0.29) is 0 Å². The number of nitrogens with one attached hydrogen (secondary N) is 3. The molecule has 0 aromatic heterocycles. The minimum Gasteiger partial charge on any atom is -0.453 e. The van der Waals surface area contributed by atoms with Crippen molar-refractivity contribution in [3.63, 3.8) is 0 Å². The summed E-state index contributed by atoms with van der Waals surface area (Å²) in [7, 11) is 1.28. The summed E-state index contributed by atoms with van der Waals surface area (Å²) in [5, 5.41) is 7.14. The van der Waals surface area contributed by atoms with E-state index in [0.29, 0.717) is 42.6 Å². The predicted molar refractivity (Wildman–Crippen MR) is 126 cm³/mol. The van der Waals surface area contributed by atoms with Crippen molar-refractivity contribution in [2.45, 2.75) is 19.0 Å². The molecule has 0 saturated heterocycles. The Kier molecular flexibility index (Phi) is 6.91. The van der Waals surface area contributed by atoms with E-state index in [1.54, 1.807) is 24.3 Å². The lowest BCUT2D eigenvalue weighted by molar-refractivity contribution is -0.137. The van der Waals surface area contributed by atoms with E-state index >= 15 is 0 Å². The van der Waals surface area contributed by atoms with Crippen LogP contribution in [0, 0.1) is 5.82 Å². The molecule has 11 heteroatoms. The van der Waals surface area contributed by atoms with Gasteiger partial charge < -0.3 is 15.4 Å². The number of carbonyl (C=O) groups excluding carboxylic acids is 2. The van der Waals surface area contributed by atoms with Gasteiger partial charge in [0.2, 0.25) is 0 Å². The number of anilines is 2. The normalized spacial score (nSPS) is 12.4. The number of amidine groups is 1. The molecule has 0 bridgehead atoms. The second-order valence-corrected chi connectivity index (χ2v) is 7.96. The van der Waals surface area contributed by atoms with Crippen molar-refractivity contribution in [3.8, 4) is 0 Å². The number of ether oxygens (including phenoxy) is 1. The van der Waals surface area contributed by atoms with Crippen LogP contribution in [0.3, 0.4) is 0 Å². The molecule has 3 aromatic carbocycles. The second kappa shape index (κ2) is 10.1. The third-order valence-corrected chi connectivity index (χ3v) is 5.35. The van der Waals surface area contributed by atoms with E-state index in [4.69, 9.17) is 0 Å². The molecule has 4 rings (SSSR count). The van der Waals surface area contributed by atoms with Gasteiger partial charge in [0.05, 0.1) is 24.0 Å². The van der Waals surface area contributed by atoms with E-state index < -0.39 is 35.4 Å². The summed E-state index contributed by atoms with van der Waals surface area (Å²) in [6, 6.07) is 13.5. The average molecular weight is 500 g/mol. The number of alkyl carbamates (subject to hydrolysis) is 1. The molecule has 1 aliphatic heterocycles. The molecule has 0 fully saturated rings. The maximum atomic E-state index is 13.9. The highest BCUT2D eigenvalue weighted by atomic mass is 19.4. The number of amides is 3. The van der Waals surface area contributed by atoms with Crippen LogP contribution in [0.25, 0.3) is 0 Å². The number of hydrogen-bond acceptors (Lipinski definition) is 4. The molecule has 1 heterocycles. The van der Waals surface area contributed by atoms with Gasteiger partial charge in [-0.05, 0) is 59.5 Å². The summed E-state index contributed by atoms with van der Waals surface area (Å²) in [6.07, 6.45) is -4.17. The zero-order chi connectivity index (χ0) is 25.9.